The number of nitrogens with zero attached hydrogens (tertiary/aromatic N) is 1. The summed E-state index contributed by atoms with van der Waals surface area (Å²) in [5.41, 5.74) is 1.62. The van der Waals surface area contributed by atoms with E-state index in [-0.39, 0.29) is 17.5 Å². The first-order chi connectivity index (χ1) is 11.9. The van der Waals surface area contributed by atoms with Crippen LogP contribution in [-0.4, -0.2) is 22.8 Å². The van der Waals surface area contributed by atoms with Gasteiger partial charge in [0.1, 0.15) is 6.04 Å². The molecule has 1 unspecified atom stereocenters. The summed E-state index contributed by atoms with van der Waals surface area (Å²) < 4.78 is 26.4. The van der Waals surface area contributed by atoms with Crippen molar-refractivity contribution in [3.63, 3.8) is 0 Å². The zero-order chi connectivity index (χ0) is 18.1. The van der Waals surface area contributed by atoms with Gasteiger partial charge in [0.05, 0.1) is 0 Å². The van der Waals surface area contributed by atoms with E-state index in [1.54, 1.807) is 12.1 Å². The van der Waals surface area contributed by atoms with Gasteiger partial charge >= 0.3 is 0 Å². The molecule has 1 atom stereocenters. The highest BCUT2D eigenvalue weighted by Gasteiger charge is 2.37. The van der Waals surface area contributed by atoms with Crippen molar-refractivity contribution in [3.05, 3.63) is 65.2 Å². The minimum absolute atomic E-state index is 0.149. The highest BCUT2D eigenvalue weighted by atomic mass is 19.2. The van der Waals surface area contributed by atoms with E-state index in [0.717, 1.165) is 17.7 Å². The second-order valence-corrected chi connectivity index (χ2v) is 6.40. The summed E-state index contributed by atoms with van der Waals surface area (Å²) in [6.45, 7) is 4.03. The van der Waals surface area contributed by atoms with Gasteiger partial charge in [0.15, 0.2) is 11.6 Å². The zero-order valence-corrected chi connectivity index (χ0v) is 13.9. The number of fused-ring (bicyclic) bond motifs is 1. The third-order valence-electron chi connectivity index (χ3n) is 4.27. The Morgan fingerprint density at radius 3 is 2.48 bits per heavy atom. The monoisotopic (exact) mass is 344 g/mol. The number of amides is 2. The van der Waals surface area contributed by atoms with E-state index in [9.17, 15) is 18.4 Å². The highest BCUT2D eigenvalue weighted by molar-refractivity contribution is 6.03. The van der Waals surface area contributed by atoms with Gasteiger partial charge in [0.2, 0.25) is 5.91 Å². The fourth-order valence-corrected chi connectivity index (χ4v) is 3.10. The van der Waals surface area contributed by atoms with Gasteiger partial charge in [-0.2, -0.15) is 0 Å². The number of halogens is 2. The molecule has 0 spiro atoms. The van der Waals surface area contributed by atoms with Crippen LogP contribution in [-0.2, 0) is 11.3 Å². The Hall–Kier alpha value is -2.76. The number of hydrogen-bond acceptors (Lipinski definition) is 2. The summed E-state index contributed by atoms with van der Waals surface area (Å²) in [6.07, 6.45) is 0. The second-order valence-electron chi connectivity index (χ2n) is 6.40. The van der Waals surface area contributed by atoms with Crippen LogP contribution in [0.2, 0.25) is 0 Å². The predicted molar refractivity (Wildman–Crippen MR) is 89.9 cm³/mol. The number of anilines is 1. The normalized spacial score (nSPS) is 14.6. The topological polar surface area (TPSA) is 49.4 Å². The third-order valence-corrected chi connectivity index (χ3v) is 4.27. The van der Waals surface area contributed by atoms with E-state index < -0.39 is 23.6 Å². The number of rotatable bonds is 4. The van der Waals surface area contributed by atoms with Crippen LogP contribution in [0.3, 0.4) is 0 Å². The fourth-order valence-electron chi connectivity index (χ4n) is 3.10. The quantitative estimate of drug-likeness (QED) is 0.922. The molecule has 0 fully saturated rings. The van der Waals surface area contributed by atoms with Crippen molar-refractivity contribution in [1.82, 2.24) is 4.90 Å². The first kappa shape index (κ1) is 17.1. The van der Waals surface area contributed by atoms with Crippen LogP contribution in [0.1, 0.15) is 29.8 Å². The van der Waals surface area contributed by atoms with Gasteiger partial charge in [-0.3, -0.25) is 9.59 Å². The Kier molecular flexibility index (Phi) is 4.53. The number of carbonyl (C=O) groups excluding carboxylic acids is 2. The van der Waals surface area contributed by atoms with Gasteiger partial charge in [0.25, 0.3) is 5.91 Å². The van der Waals surface area contributed by atoms with Crippen LogP contribution in [0.15, 0.2) is 42.5 Å². The van der Waals surface area contributed by atoms with Gasteiger partial charge in [-0.15, -0.1) is 0 Å². The van der Waals surface area contributed by atoms with E-state index in [1.807, 2.05) is 26.0 Å². The number of hydrogen-bond donors (Lipinski definition) is 1. The van der Waals surface area contributed by atoms with Gasteiger partial charge < -0.3 is 10.2 Å². The molecule has 3 rings (SSSR count). The lowest BCUT2D eigenvalue weighted by atomic mass is 10.0. The molecule has 0 aromatic heterocycles. The van der Waals surface area contributed by atoms with Crippen LogP contribution < -0.4 is 5.32 Å². The summed E-state index contributed by atoms with van der Waals surface area (Å²) in [6, 6.07) is 9.67. The van der Waals surface area contributed by atoms with Crippen molar-refractivity contribution in [2.24, 2.45) is 5.92 Å². The van der Waals surface area contributed by atoms with Crippen molar-refractivity contribution < 1.29 is 18.4 Å². The van der Waals surface area contributed by atoms with Crippen LogP contribution in [0.25, 0.3) is 0 Å². The maximum atomic E-state index is 13.3. The van der Waals surface area contributed by atoms with E-state index in [2.05, 4.69) is 5.32 Å². The van der Waals surface area contributed by atoms with Crippen LogP contribution in [0, 0.1) is 17.6 Å². The molecule has 1 aliphatic rings. The van der Waals surface area contributed by atoms with Gasteiger partial charge in [-0.25, -0.2) is 8.78 Å². The van der Waals surface area contributed by atoms with Gasteiger partial charge in [-0.05, 0) is 29.7 Å². The largest absolute Gasteiger partial charge is 0.324 e. The summed E-state index contributed by atoms with van der Waals surface area (Å²) in [5.74, 6) is -2.80. The Morgan fingerprint density at radius 1 is 1.12 bits per heavy atom. The highest BCUT2D eigenvalue weighted by Crippen LogP contribution is 2.27. The van der Waals surface area contributed by atoms with Crippen molar-refractivity contribution in [2.45, 2.75) is 26.4 Å². The molecule has 2 aromatic rings. The third kappa shape index (κ3) is 3.24. The molecule has 0 saturated heterocycles. The van der Waals surface area contributed by atoms with Gasteiger partial charge in [-0.1, -0.05) is 32.0 Å². The molecule has 25 heavy (non-hydrogen) atoms. The van der Waals surface area contributed by atoms with E-state index >= 15 is 0 Å². The van der Waals surface area contributed by atoms with Crippen molar-refractivity contribution in [2.75, 3.05) is 5.32 Å². The zero-order valence-electron chi connectivity index (χ0n) is 13.9. The summed E-state index contributed by atoms with van der Waals surface area (Å²) in [7, 11) is 0. The molecule has 6 heteroatoms. The van der Waals surface area contributed by atoms with E-state index in [4.69, 9.17) is 0 Å². The smallest absolute Gasteiger partial charge is 0.255 e. The summed E-state index contributed by atoms with van der Waals surface area (Å²) in [5, 5.41) is 2.58. The van der Waals surface area contributed by atoms with E-state index in [1.165, 1.54) is 11.0 Å². The molecule has 0 bridgehead atoms. The number of carbonyl (C=O) groups is 2. The Labute approximate surface area is 144 Å². The van der Waals surface area contributed by atoms with Gasteiger partial charge in [0, 0.05) is 23.9 Å². The second kappa shape index (κ2) is 6.63. The fraction of sp³-hybridized carbons (Fsp3) is 0.263. The molecule has 2 aromatic carbocycles. The standard InChI is InChI=1S/C19H18F2N2O2/c1-11(2)17(18(24)22-13-7-8-15(20)16(21)9-13)23-10-12-5-3-4-6-14(12)19(23)25/h3-9,11,17H,10H2,1-2H3,(H,22,24). The van der Waals surface area contributed by atoms with Crippen LogP contribution >= 0.6 is 0 Å². The van der Waals surface area contributed by atoms with Crippen molar-refractivity contribution >= 4 is 17.5 Å². The average molecular weight is 344 g/mol. The molecule has 0 aliphatic carbocycles. The Morgan fingerprint density at radius 2 is 1.84 bits per heavy atom. The van der Waals surface area contributed by atoms with E-state index in [0.29, 0.717) is 12.1 Å². The maximum Gasteiger partial charge on any atom is 0.255 e. The first-order valence-electron chi connectivity index (χ1n) is 8.03. The molecule has 0 saturated carbocycles. The average Bonchev–Trinajstić information content (AvgIpc) is 2.88. The number of nitrogens with one attached hydrogen (secondary N) is 1. The SMILES string of the molecule is CC(C)C(C(=O)Nc1ccc(F)c(F)c1)N1Cc2ccccc2C1=O. The molecule has 0 radical (unpaired) electrons. The molecule has 4 nitrogen and oxygen atoms in total. The molecule has 1 aliphatic heterocycles. The molecule has 130 valence electrons. The molecule has 2 amide bonds. The molecule has 1 heterocycles. The molecule has 1 N–H and O–H groups in total. The number of benzene rings is 2. The predicted octanol–water partition coefficient (Wildman–Crippen LogP) is 3.58. The lowest BCUT2D eigenvalue weighted by Crippen LogP contribution is -2.47. The lowest BCUT2D eigenvalue weighted by molar-refractivity contribution is -0.122. The Balaban J connectivity index is 1.83. The van der Waals surface area contributed by atoms with Crippen molar-refractivity contribution in [1.29, 1.82) is 0 Å². The van der Waals surface area contributed by atoms with Crippen LogP contribution in [0.4, 0.5) is 14.5 Å². The molecular formula is C19H18F2N2O2. The summed E-state index contributed by atoms with van der Waals surface area (Å²) in [4.78, 5) is 26.9. The minimum Gasteiger partial charge on any atom is -0.324 e. The summed E-state index contributed by atoms with van der Waals surface area (Å²) >= 11 is 0. The molecular weight excluding hydrogens is 326 g/mol. The minimum atomic E-state index is -1.04. The first-order valence-corrected chi connectivity index (χ1v) is 8.03. The lowest BCUT2D eigenvalue weighted by Gasteiger charge is -2.29. The van der Waals surface area contributed by atoms with Crippen LogP contribution in [0.5, 0.6) is 0 Å². The van der Waals surface area contributed by atoms with Crippen molar-refractivity contribution in [3.8, 4) is 0 Å². The maximum absolute atomic E-state index is 13.3. The Bertz CT molecular complexity index is 836.